The summed E-state index contributed by atoms with van der Waals surface area (Å²) in [7, 11) is 1.96. The van der Waals surface area contributed by atoms with Crippen molar-refractivity contribution in [1.82, 2.24) is 10.2 Å². The molecule has 100 valence electrons. The molecule has 0 radical (unpaired) electrons. The SMILES string of the molecule is CCCCCN(C)C(=O)C1(CC)CCCNC1. The number of nitrogens with zero attached hydrogens (tertiary/aromatic N) is 1. The van der Waals surface area contributed by atoms with Gasteiger partial charge < -0.3 is 10.2 Å². The van der Waals surface area contributed by atoms with Crippen LogP contribution in [-0.4, -0.2) is 37.5 Å². The number of hydrogen-bond acceptors (Lipinski definition) is 2. The van der Waals surface area contributed by atoms with E-state index < -0.39 is 0 Å². The highest BCUT2D eigenvalue weighted by Gasteiger charge is 2.39. The highest BCUT2D eigenvalue weighted by Crippen LogP contribution is 2.32. The van der Waals surface area contributed by atoms with Gasteiger partial charge >= 0.3 is 0 Å². The van der Waals surface area contributed by atoms with Gasteiger partial charge in [0.15, 0.2) is 0 Å². The van der Waals surface area contributed by atoms with Crippen LogP contribution in [0.2, 0.25) is 0 Å². The largest absolute Gasteiger partial charge is 0.345 e. The summed E-state index contributed by atoms with van der Waals surface area (Å²) in [5.41, 5.74) is -0.126. The summed E-state index contributed by atoms with van der Waals surface area (Å²) in [6, 6.07) is 0. The fraction of sp³-hybridized carbons (Fsp3) is 0.929. The van der Waals surface area contributed by atoms with Gasteiger partial charge in [-0.2, -0.15) is 0 Å². The summed E-state index contributed by atoms with van der Waals surface area (Å²) >= 11 is 0. The molecule has 0 aliphatic carbocycles. The van der Waals surface area contributed by atoms with Gasteiger partial charge in [-0.1, -0.05) is 26.7 Å². The van der Waals surface area contributed by atoms with Crippen molar-refractivity contribution in [3.8, 4) is 0 Å². The molecule has 1 fully saturated rings. The van der Waals surface area contributed by atoms with Crippen LogP contribution in [0.4, 0.5) is 0 Å². The number of rotatable bonds is 6. The van der Waals surface area contributed by atoms with Gasteiger partial charge in [-0.25, -0.2) is 0 Å². The van der Waals surface area contributed by atoms with E-state index in [0.29, 0.717) is 5.91 Å². The molecule has 1 aliphatic rings. The zero-order valence-electron chi connectivity index (χ0n) is 11.7. The first-order valence-corrected chi connectivity index (χ1v) is 7.12. The highest BCUT2D eigenvalue weighted by atomic mass is 16.2. The van der Waals surface area contributed by atoms with E-state index in [9.17, 15) is 4.79 Å². The van der Waals surface area contributed by atoms with Gasteiger partial charge in [0.05, 0.1) is 5.41 Å². The van der Waals surface area contributed by atoms with Crippen molar-refractivity contribution >= 4 is 5.91 Å². The molecule has 0 bridgehead atoms. The molecule has 1 saturated heterocycles. The summed E-state index contributed by atoms with van der Waals surface area (Å²) in [5.74, 6) is 0.350. The predicted molar refractivity (Wildman–Crippen MR) is 72.0 cm³/mol. The quantitative estimate of drug-likeness (QED) is 0.723. The van der Waals surface area contributed by atoms with Gasteiger partial charge in [-0.15, -0.1) is 0 Å². The first-order chi connectivity index (χ1) is 8.16. The molecule has 0 aromatic carbocycles. The summed E-state index contributed by atoms with van der Waals surface area (Å²) in [6.45, 7) is 7.18. The molecule has 3 nitrogen and oxygen atoms in total. The number of nitrogens with one attached hydrogen (secondary N) is 1. The third-order valence-corrected chi connectivity index (χ3v) is 4.05. The Kier molecular flexibility index (Phi) is 5.96. The molecule has 0 spiro atoms. The van der Waals surface area contributed by atoms with Crippen molar-refractivity contribution in [2.75, 3.05) is 26.7 Å². The summed E-state index contributed by atoms with van der Waals surface area (Å²) < 4.78 is 0. The maximum atomic E-state index is 12.5. The van der Waals surface area contributed by atoms with Gasteiger partial charge in [0.1, 0.15) is 0 Å². The lowest BCUT2D eigenvalue weighted by atomic mass is 9.77. The molecule has 1 aliphatic heterocycles. The number of amides is 1. The van der Waals surface area contributed by atoms with E-state index in [1.54, 1.807) is 0 Å². The van der Waals surface area contributed by atoms with Crippen LogP contribution in [0.25, 0.3) is 0 Å². The molecule has 1 heterocycles. The van der Waals surface area contributed by atoms with E-state index in [0.717, 1.165) is 45.3 Å². The van der Waals surface area contributed by atoms with Crippen LogP contribution in [0.15, 0.2) is 0 Å². The van der Waals surface area contributed by atoms with Gasteiger partial charge in [0, 0.05) is 20.1 Å². The third-order valence-electron chi connectivity index (χ3n) is 4.05. The van der Waals surface area contributed by atoms with E-state index in [4.69, 9.17) is 0 Å². The van der Waals surface area contributed by atoms with Crippen molar-refractivity contribution < 1.29 is 4.79 Å². The Balaban J connectivity index is 2.52. The van der Waals surface area contributed by atoms with E-state index in [1.807, 2.05) is 11.9 Å². The topological polar surface area (TPSA) is 32.3 Å². The van der Waals surface area contributed by atoms with Crippen LogP contribution in [-0.2, 0) is 4.79 Å². The monoisotopic (exact) mass is 240 g/mol. The summed E-state index contributed by atoms with van der Waals surface area (Å²) in [4.78, 5) is 14.5. The number of carbonyl (C=O) groups excluding carboxylic acids is 1. The molecular formula is C14H28N2O. The van der Waals surface area contributed by atoms with Crippen molar-refractivity contribution in [3.63, 3.8) is 0 Å². The number of carbonyl (C=O) groups is 1. The minimum absolute atomic E-state index is 0.126. The molecule has 1 N–H and O–H groups in total. The normalized spacial score (nSPS) is 24.6. The van der Waals surface area contributed by atoms with Crippen LogP contribution in [0.3, 0.4) is 0 Å². The lowest BCUT2D eigenvalue weighted by Gasteiger charge is -2.38. The molecule has 1 unspecified atom stereocenters. The van der Waals surface area contributed by atoms with Crippen LogP contribution in [0.5, 0.6) is 0 Å². The second kappa shape index (κ2) is 7.00. The van der Waals surface area contributed by atoms with Crippen LogP contribution in [0.1, 0.15) is 52.4 Å². The molecule has 0 saturated carbocycles. The molecule has 1 amide bonds. The van der Waals surface area contributed by atoms with Crippen molar-refractivity contribution in [2.24, 2.45) is 5.41 Å². The number of unbranched alkanes of at least 4 members (excludes halogenated alkanes) is 2. The zero-order valence-corrected chi connectivity index (χ0v) is 11.7. The second-order valence-corrected chi connectivity index (χ2v) is 5.35. The molecule has 0 aromatic rings. The average molecular weight is 240 g/mol. The summed E-state index contributed by atoms with van der Waals surface area (Å²) in [5, 5.41) is 3.38. The Morgan fingerprint density at radius 1 is 1.35 bits per heavy atom. The van der Waals surface area contributed by atoms with E-state index in [1.165, 1.54) is 12.8 Å². The zero-order chi connectivity index (χ0) is 12.7. The Morgan fingerprint density at radius 3 is 2.65 bits per heavy atom. The number of piperidine rings is 1. The smallest absolute Gasteiger partial charge is 0.229 e. The van der Waals surface area contributed by atoms with Crippen molar-refractivity contribution in [3.05, 3.63) is 0 Å². The Labute approximate surface area is 106 Å². The Morgan fingerprint density at radius 2 is 2.12 bits per heavy atom. The molecule has 0 aromatic heterocycles. The van der Waals surface area contributed by atoms with Gasteiger partial charge in [0.2, 0.25) is 5.91 Å². The fourth-order valence-electron chi connectivity index (χ4n) is 2.71. The maximum absolute atomic E-state index is 12.5. The predicted octanol–water partition coefficient (Wildman–Crippen LogP) is 2.41. The standard InChI is InChI=1S/C14H28N2O/c1-4-6-7-11-16(3)13(17)14(5-2)9-8-10-15-12-14/h15H,4-12H2,1-3H3. The maximum Gasteiger partial charge on any atom is 0.229 e. The fourth-order valence-corrected chi connectivity index (χ4v) is 2.71. The van der Waals surface area contributed by atoms with Gasteiger partial charge in [-0.3, -0.25) is 4.79 Å². The lowest BCUT2D eigenvalue weighted by Crippen LogP contribution is -2.50. The minimum atomic E-state index is -0.126. The van der Waals surface area contributed by atoms with Gasteiger partial charge in [-0.05, 0) is 32.2 Å². The molecule has 3 heteroatoms. The first-order valence-electron chi connectivity index (χ1n) is 7.12. The first kappa shape index (κ1) is 14.5. The van der Waals surface area contributed by atoms with Crippen molar-refractivity contribution in [1.29, 1.82) is 0 Å². The van der Waals surface area contributed by atoms with Crippen LogP contribution in [0, 0.1) is 5.41 Å². The van der Waals surface area contributed by atoms with E-state index >= 15 is 0 Å². The van der Waals surface area contributed by atoms with E-state index in [-0.39, 0.29) is 5.41 Å². The molecule has 1 atom stereocenters. The average Bonchev–Trinajstić information content (AvgIpc) is 2.38. The van der Waals surface area contributed by atoms with Crippen LogP contribution >= 0.6 is 0 Å². The highest BCUT2D eigenvalue weighted by molar-refractivity contribution is 5.82. The van der Waals surface area contributed by atoms with Crippen molar-refractivity contribution in [2.45, 2.75) is 52.4 Å². The Bertz CT molecular complexity index is 234. The molecule has 1 rings (SSSR count). The van der Waals surface area contributed by atoms with Crippen LogP contribution < -0.4 is 5.32 Å². The number of hydrogen-bond donors (Lipinski definition) is 1. The lowest BCUT2D eigenvalue weighted by molar-refractivity contribution is -0.142. The second-order valence-electron chi connectivity index (χ2n) is 5.35. The van der Waals surface area contributed by atoms with Gasteiger partial charge in [0.25, 0.3) is 0 Å². The third kappa shape index (κ3) is 3.70. The van der Waals surface area contributed by atoms with E-state index in [2.05, 4.69) is 19.2 Å². The molecular weight excluding hydrogens is 212 g/mol. The molecule has 17 heavy (non-hydrogen) atoms. The minimum Gasteiger partial charge on any atom is -0.345 e. The Hall–Kier alpha value is -0.570. The summed E-state index contributed by atoms with van der Waals surface area (Å²) in [6.07, 6.45) is 6.69.